The molecule has 0 aliphatic rings. The van der Waals surface area contributed by atoms with E-state index in [0.29, 0.717) is 10.8 Å². The van der Waals surface area contributed by atoms with Crippen LogP contribution in [0.1, 0.15) is 40.4 Å². The molecule has 8 nitrogen and oxygen atoms in total. The Bertz CT molecular complexity index is 1010. The first kappa shape index (κ1) is 25.9. The molecule has 1 heterocycles. The summed E-state index contributed by atoms with van der Waals surface area (Å²) in [4.78, 5) is 27.5. The second kappa shape index (κ2) is 10.5. The Labute approximate surface area is 194 Å². The van der Waals surface area contributed by atoms with Gasteiger partial charge < -0.3 is 14.6 Å². The van der Waals surface area contributed by atoms with Gasteiger partial charge in [0.15, 0.2) is 0 Å². The summed E-state index contributed by atoms with van der Waals surface area (Å²) in [6, 6.07) is 8.15. The number of furan rings is 1. The van der Waals surface area contributed by atoms with Crippen LogP contribution in [0.25, 0.3) is 0 Å². The third-order valence-corrected chi connectivity index (χ3v) is 6.17. The fraction of sp³-hybridized carbons (Fsp3) is 0.455. The van der Waals surface area contributed by atoms with Crippen LogP contribution in [0.3, 0.4) is 0 Å². The number of benzene rings is 1. The predicted molar refractivity (Wildman–Crippen MR) is 122 cm³/mol. The van der Waals surface area contributed by atoms with Crippen LogP contribution in [0.5, 0.6) is 0 Å². The third kappa shape index (κ3) is 7.36. The predicted octanol–water partition coefficient (Wildman–Crippen LogP) is 3.18. The molecule has 10 heteroatoms. The van der Waals surface area contributed by atoms with Gasteiger partial charge in [-0.3, -0.25) is 9.59 Å². The summed E-state index contributed by atoms with van der Waals surface area (Å²) >= 11 is 5.82. The van der Waals surface area contributed by atoms with Gasteiger partial charge >= 0.3 is 0 Å². The van der Waals surface area contributed by atoms with Gasteiger partial charge in [-0.25, -0.2) is 13.1 Å². The van der Waals surface area contributed by atoms with E-state index in [1.807, 2.05) is 34.6 Å². The van der Waals surface area contributed by atoms with Gasteiger partial charge in [0.05, 0.1) is 24.2 Å². The second-order valence-corrected chi connectivity index (χ2v) is 11.0. The summed E-state index contributed by atoms with van der Waals surface area (Å²) in [5, 5.41) is 3.30. The van der Waals surface area contributed by atoms with Crippen molar-refractivity contribution in [3.63, 3.8) is 0 Å². The molecule has 1 aromatic heterocycles. The van der Waals surface area contributed by atoms with Crippen molar-refractivity contribution in [3.05, 3.63) is 53.4 Å². The Balaban J connectivity index is 2.27. The van der Waals surface area contributed by atoms with Crippen LogP contribution in [-0.2, 0) is 26.2 Å². The van der Waals surface area contributed by atoms with Crippen molar-refractivity contribution in [2.75, 3.05) is 6.54 Å². The quantitative estimate of drug-likeness (QED) is 0.569. The standard InChI is InChI=1S/C22H30ClN3O5S/c1-15(2)20(21(28)25-22(3,4)5)26(14-17-7-6-12-31-17)19(27)13-24-32(29,30)18-10-8-16(23)9-11-18/h6-12,15,20,24H,13-14H2,1-5H3,(H,25,28)/t20-/m0/s1. The summed E-state index contributed by atoms with van der Waals surface area (Å²) in [5.41, 5.74) is -0.500. The van der Waals surface area contributed by atoms with Crippen LogP contribution in [0.2, 0.25) is 5.02 Å². The molecule has 0 fully saturated rings. The number of nitrogens with zero attached hydrogens (tertiary/aromatic N) is 1. The first-order chi connectivity index (χ1) is 14.8. The molecule has 0 unspecified atom stereocenters. The van der Waals surface area contributed by atoms with Crippen molar-refractivity contribution in [1.29, 1.82) is 0 Å². The molecule has 2 amide bonds. The number of rotatable bonds is 9. The van der Waals surface area contributed by atoms with Gasteiger partial charge in [0, 0.05) is 10.6 Å². The molecule has 2 rings (SSSR count). The molecule has 0 aliphatic carbocycles. The Hall–Kier alpha value is -2.36. The smallest absolute Gasteiger partial charge is 0.243 e. The Kier molecular flexibility index (Phi) is 8.50. The van der Waals surface area contributed by atoms with E-state index in [-0.39, 0.29) is 23.3 Å². The van der Waals surface area contributed by atoms with Crippen LogP contribution >= 0.6 is 11.6 Å². The van der Waals surface area contributed by atoms with Gasteiger partial charge in [0.2, 0.25) is 21.8 Å². The van der Waals surface area contributed by atoms with Gasteiger partial charge in [0.1, 0.15) is 11.8 Å². The van der Waals surface area contributed by atoms with Crippen molar-refractivity contribution in [2.24, 2.45) is 5.92 Å². The fourth-order valence-electron chi connectivity index (χ4n) is 3.12. The van der Waals surface area contributed by atoms with E-state index in [2.05, 4.69) is 10.0 Å². The minimum atomic E-state index is -3.94. The maximum atomic E-state index is 13.2. The number of halogens is 1. The topological polar surface area (TPSA) is 109 Å². The van der Waals surface area contributed by atoms with Crippen molar-refractivity contribution >= 4 is 33.4 Å². The largest absolute Gasteiger partial charge is 0.467 e. The highest BCUT2D eigenvalue weighted by Gasteiger charge is 2.35. The lowest BCUT2D eigenvalue weighted by atomic mass is 9.99. The molecule has 32 heavy (non-hydrogen) atoms. The van der Waals surface area contributed by atoms with Gasteiger partial charge in [-0.2, -0.15) is 0 Å². The summed E-state index contributed by atoms with van der Waals surface area (Å²) in [5.74, 6) is -0.632. The molecule has 0 spiro atoms. The van der Waals surface area contributed by atoms with E-state index in [1.54, 1.807) is 12.1 Å². The van der Waals surface area contributed by atoms with E-state index in [0.717, 1.165) is 0 Å². The lowest BCUT2D eigenvalue weighted by molar-refractivity contribution is -0.143. The molecule has 0 radical (unpaired) electrons. The van der Waals surface area contributed by atoms with Gasteiger partial charge in [0.25, 0.3) is 0 Å². The number of sulfonamides is 1. The molecular formula is C22H30ClN3O5S. The zero-order chi connectivity index (χ0) is 24.1. The number of amides is 2. The average molecular weight is 484 g/mol. The van der Waals surface area contributed by atoms with Crippen LogP contribution in [0.4, 0.5) is 0 Å². The molecule has 0 saturated heterocycles. The first-order valence-electron chi connectivity index (χ1n) is 10.2. The zero-order valence-corrected chi connectivity index (χ0v) is 20.5. The van der Waals surface area contributed by atoms with E-state index < -0.39 is 34.1 Å². The minimum Gasteiger partial charge on any atom is -0.467 e. The van der Waals surface area contributed by atoms with Gasteiger partial charge in [-0.15, -0.1) is 0 Å². The molecule has 0 saturated carbocycles. The molecule has 1 aromatic carbocycles. The Morgan fingerprint density at radius 3 is 2.25 bits per heavy atom. The third-order valence-electron chi connectivity index (χ3n) is 4.50. The molecule has 2 aromatic rings. The second-order valence-electron chi connectivity index (χ2n) is 8.81. The number of carbonyl (C=O) groups excluding carboxylic acids is 2. The average Bonchev–Trinajstić information content (AvgIpc) is 3.17. The SMILES string of the molecule is CC(C)[C@@H](C(=O)NC(C)(C)C)N(Cc1ccco1)C(=O)CNS(=O)(=O)c1ccc(Cl)cc1. The summed E-state index contributed by atoms with van der Waals surface area (Å²) in [7, 11) is -3.94. The Morgan fingerprint density at radius 1 is 1.12 bits per heavy atom. The maximum Gasteiger partial charge on any atom is 0.243 e. The molecule has 2 N–H and O–H groups in total. The molecule has 176 valence electrons. The number of hydrogen-bond donors (Lipinski definition) is 2. The normalized spacial score (nSPS) is 13.1. The lowest BCUT2D eigenvalue weighted by Crippen LogP contribution is -2.57. The van der Waals surface area contributed by atoms with Crippen molar-refractivity contribution in [2.45, 2.75) is 57.6 Å². The van der Waals surface area contributed by atoms with Gasteiger partial charge in [-0.05, 0) is 63.1 Å². The van der Waals surface area contributed by atoms with Crippen LogP contribution in [0, 0.1) is 5.92 Å². The van der Waals surface area contributed by atoms with Crippen molar-refractivity contribution in [1.82, 2.24) is 14.9 Å². The summed E-state index contributed by atoms with van der Waals surface area (Å²) < 4.78 is 32.9. The zero-order valence-electron chi connectivity index (χ0n) is 18.9. The lowest BCUT2D eigenvalue weighted by Gasteiger charge is -2.35. The number of hydrogen-bond acceptors (Lipinski definition) is 5. The van der Waals surface area contributed by atoms with Crippen molar-refractivity contribution in [3.8, 4) is 0 Å². The first-order valence-corrected chi connectivity index (χ1v) is 12.1. The minimum absolute atomic E-state index is 0.0156. The van der Waals surface area contributed by atoms with E-state index in [9.17, 15) is 18.0 Å². The van der Waals surface area contributed by atoms with Crippen LogP contribution in [-0.4, -0.2) is 43.3 Å². The van der Waals surface area contributed by atoms with Crippen molar-refractivity contribution < 1.29 is 22.4 Å². The van der Waals surface area contributed by atoms with Crippen LogP contribution < -0.4 is 10.0 Å². The highest BCUT2D eigenvalue weighted by atomic mass is 35.5. The van der Waals surface area contributed by atoms with E-state index in [4.69, 9.17) is 16.0 Å². The highest BCUT2D eigenvalue weighted by Crippen LogP contribution is 2.18. The maximum absolute atomic E-state index is 13.2. The number of carbonyl (C=O) groups is 2. The molecular weight excluding hydrogens is 454 g/mol. The molecule has 0 aliphatic heterocycles. The van der Waals surface area contributed by atoms with E-state index in [1.165, 1.54) is 35.4 Å². The highest BCUT2D eigenvalue weighted by molar-refractivity contribution is 7.89. The van der Waals surface area contributed by atoms with E-state index >= 15 is 0 Å². The van der Waals surface area contributed by atoms with Gasteiger partial charge in [-0.1, -0.05) is 25.4 Å². The fourth-order valence-corrected chi connectivity index (χ4v) is 4.22. The number of nitrogens with one attached hydrogen (secondary N) is 2. The van der Waals surface area contributed by atoms with Crippen LogP contribution in [0.15, 0.2) is 52.0 Å². The summed E-state index contributed by atoms with van der Waals surface area (Å²) in [6.07, 6.45) is 1.47. The monoisotopic (exact) mass is 483 g/mol. The summed E-state index contributed by atoms with van der Waals surface area (Å²) in [6.45, 7) is 8.71. The Morgan fingerprint density at radius 2 is 1.75 bits per heavy atom. The molecule has 1 atom stereocenters. The molecule has 0 bridgehead atoms.